The molecule has 1 amide bonds. The van der Waals surface area contributed by atoms with Crippen molar-refractivity contribution in [2.75, 3.05) is 25.7 Å². The van der Waals surface area contributed by atoms with E-state index in [0.717, 1.165) is 40.8 Å². The summed E-state index contributed by atoms with van der Waals surface area (Å²) in [6, 6.07) is 10.3. The van der Waals surface area contributed by atoms with Gasteiger partial charge in [0.1, 0.15) is 5.60 Å². The second kappa shape index (κ2) is 11.4. The molecule has 2 atom stereocenters. The van der Waals surface area contributed by atoms with Gasteiger partial charge >= 0.3 is 6.09 Å². The monoisotopic (exact) mass is 494 g/mol. The van der Waals surface area contributed by atoms with Crippen LogP contribution in [0.3, 0.4) is 0 Å². The first-order chi connectivity index (χ1) is 17.0. The summed E-state index contributed by atoms with van der Waals surface area (Å²) in [6.45, 7) is 15.1. The summed E-state index contributed by atoms with van der Waals surface area (Å²) >= 11 is 0. The largest absolute Gasteiger partial charge is 0.493 e. The van der Waals surface area contributed by atoms with Gasteiger partial charge in [0.25, 0.3) is 0 Å². The molecule has 0 spiro atoms. The summed E-state index contributed by atoms with van der Waals surface area (Å²) in [7, 11) is 3.27. The molecule has 36 heavy (non-hydrogen) atoms. The number of ether oxygens (including phenoxy) is 3. The van der Waals surface area contributed by atoms with Crippen molar-refractivity contribution >= 4 is 18.0 Å². The van der Waals surface area contributed by atoms with Crippen LogP contribution in [0.1, 0.15) is 66.0 Å². The van der Waals surface area contributed by atoms with E-state index in [0.29, 0.717) is 29.9 Å². The van der Waals surface area contributed by atoms with Crippen LogP contribution in [-0.2, 0) is 11.2 Å². The fraction of sp³-hybridized carbons (Fsp3) is 0.533. The van der Waals surface area contributed by atoms with E-state index >= 15 is 0 Å². The van der Waals surface area contributed by atoms with Crippen molar-refractivity contribution < 1.29 is 19.0 Å². The molecule has 1 heterocycles. The maximum atomic E-state index is 13.1. The molecule has 2 aromatic carbocycles. The second-order valence-electron chi connectivity index (χ2n) is 10.9. The van der Waals surface area contributed by atoms with Crippen LogP contribution < -0.4 is 14.4 Å². The van der Waals surface area contributed by atoms with Crippen molar-refractivity contribution in [3.63, 3.8) is 0 Å². The zero-order valence-corrected chi connectivity index (χ0v) is 23.3. The van der Waals surface area contributed by atoms with Gasteiger partial charge in [0.2, 0.25) is 0 Å². The molecule has 2 aromatic rings. The summed E-state index contributed by atoms with van der Waals surface area (Å²) in [6.07, 6.45) is 3.47. The lowest BCUT2D eigenvalue weighted by Crippen LogP contribution is -2.36. The molecular formula is C30H42N2O4. The highest BCUT2D eigenvalue weighted by molar-refractivity contribution is 6.01. The first-order valence-corrected chi connectivity index (χ1v) is 12.9. The zero-order chi connectivity index (χ0) is 26.6. The topological polar surface area (TPSA) is 60.4 Å². The van der Waals surface area contributed by atoms with Gasteiger partial charge in [-0.3, -0.25) is 9.89 Å². The molecule has 0 saturated carbocycles. The number of benzene rings is 2. The number of carbonyl (C=O) groups excluding carboxylic acids is 1. The summed E-state index contributed by atoms with van der Waals surface area (Å²) < 4.78 is 17.0. The number of aliphatic imine (C=N–C) groups is 1. The van der Waals surface area contributed by atoms with Crippen molar-refractivity contribution in [2.24, 2.45) is 16.8 Å². The standard InChI is InChI=1S/C30H42N2O4/c1-10-20(4)27(19(2)3)31-18-22-16-25(34-8)26(35-9)17-24(22)23-13-11-12-21-14-15-32(28(21)23)29(33)36-30(5,6)7/h11-13,16-20,27H,10,14-15H2,1-9H3. The molecule has 2 unspecified atom stereocenters. The van der Waals surface area contributed by atoms with Gasteiger partial charge in [-0.25, -0.2) is 4.79 Å². The number of anilines is 1. The number of amides is 1. The Hall–Kier alpha value is -3.02. The molecule has 0 bridgehead atoms. The molecule has 0 radical (unpaired) electrons. The van der Waals surface area contributed by atoms with Gasteiger partial charge < -0.3 is 14.2 Å². The van der Waals surface area contributed by atoms with Crippen molar-refractivity contribution in [1.29, 1.82) is 0 Å². The molecule has 196 valence electrons. The van der Waals surface area contributed by atoms with Gasteiger partial charge in [-0.15, -0.1) is 0 Å². The van der Waals surface area contributed by atoms with Crippen LogP contribution in [0.25, 0.3) is 11.1 Å². The Morgan fingerprint density at radius 1 is 1.08 bits per heavy atom. The Morgan fingerprint density at radius 3 is 2.33 bits per heavy atom. The highest BCUT2D eigenvalue weighted by atomic mass is 16.6. The lowest BCUT2D eigenvalue weighted by molar-refractivity contribution is 0.0584. The molecule has 6 nitrogen and oxygen atoms in total. The van der Waals surface area contributed by atoms with Crippen molar-refractivity contribution in [3.8, 4) is 22.6 Å². The Kier molecular flexibility index (Phi) is 8.70. The molecule has 1 aliphatic rings. The van der Waals surface area contributed by atoms with Crippen molar-refractivity contribution in [2.45, 2.75) is 73.0 Å². The van der Waals surface area contributed by atoms with E-state index in [1.54, 1.807) is 19.1 Å². The fourth-order valence-corrected chi connectivity index (χ4v) is 4.79. The number of hydrogen-bond donors (Lipinski definition) is 0. The van der Waals surface area contributed by atoms with E-state index in [2.05, 4.69) is 39.8 Å². The van der Waals surface area contributed by atoms with Crippen molar-refractivity contribution in [1.82, 2.24) is 0 Å². The van der Waals surface area contributed by atoms with Gasteiger partial charge in [0, 0.05) is 23.9 Å². The van der Waals surface area contributed by atoms with Crippen LogP contribution >= 0.6 is 0 Å². The third-order valence-electron chi connectivity index (χ3n) is 6.75. The Morgan fingerprint density at radius 2 is 1.75 bits per heavy atom. The second-order valence-corrected chi connectivity index (χ2v) is 10.9. The van der Waals surface area contributed by atoms with Gasteiger partial charge in [0.05, 0.1) is 25.9 Å². The minimum Gasteiger partial charge on any atom is -0.493 e. The van der Waals surface area contributed by atoms with E-state index in [9.17, 15) is 4.79 Å². The first-order valence-electron chi connectivity index (χ1n) is 12.9. The van der Waals surface area contributed by atoms with E-state index in [1.165, 1.54) is 0 Å². The van der Waals surface area contributed by atoms with E-state index in [4.69, 9.17) is 19.2 Å². The minimum atomic E-state index is -0.572. The third-order valence-corrected chi connectivity index (χ3v) is 6.75. The molecule has 0 fully saturated rings. The molecule has 1 aliphatic heterocycles. The maximum absolute atomic E-state index is 13.1. The van der Waals surface area contributed by atoms with E-state index < -0.39 is 5.60 Å². The lowest BCUT2D eigenvalue weighted by Gasteiger charge is -2.26. The number of para-hydroxylation sites is 1. The lowest BCUT2D eigenvalue weighted by atomic mass is 9.90. The van der Waals surface area contributed by atoms with E-state index in [1.807, 2.05) is 45.2 Å². The highest BCUT2D eigenvalue weighted by Crippen LogP contribution is 2.43. The average molecular weight is 495 g/mol. The SMILES string of the molecule is CCC(C)C(N=Cc1cc(OC)c(OC)cc1-c1cccc2c1N(C(=O)OC(C)(C)C)CC2)C(C)C. The predicted molar refractivity (Wildman–Crippen MR) is 148 cm³/mol. The minimum absolute atomic E-state index is 0.204. The van der Waals surface area contributed by atoms with Crippen LogP contribution in [-0.4, -0.2) is 44.7 Å². The van der Waals surface area contributed by atoms with Crippen LogP contribution in [0, 0.1) is 11.8 Å². The number of rotatable bonds is 8. The molecule has 0 aliphatic carbocycles. The quantitative estimate of drug-likeness (QED) is 0.365. The number of methoxy groups -OCH3 is 2. The van der Waals surface area contributed by atoms with Crippen molar-refractivity contribution in [3.05, 3.63) is 41.5 Å². The smallest absolute Gasteiger partial charge is 0.414 e. The van der Waals surface area contributed by atoms with Gasteiger partial charge in [-0.2, -0.15) is 0 Å². The molecule has 0 aromatic heterocycles. The molecule has 3 rings (SSSR count). The van der Waals surface area contributed by atoms with Gasteiger partial charge in [-0.1, -0.05) is 52.3 Å². The van der Waals surface area contributed by atoms with Gasteiger partial charge in [-0.05, 0) is 62.3 Å². The summed E-state index contributed by atoms with van der Waals surface area (Å²) in [5.41, 5.74) is 4.24. The van der Waals surface area contributed by atoms with Crippen LogP contribution in [0.4, 0.5) is 10.5 Å². The molecular weight excluding hydrogens is 452 g/mol. The Labute approximate surface area is 216 Å². The summed E-state index contributed by atoms with van der Waals surface area (Å²) in [5.74, 6) is 2.16. The van der Waals surface area contributed by atoms with E-state index in [-0.39, 0.29) is 12.1 Å². The number of hydrogen-bond acceptors (Lipinski definition) is 5. The normalized spacial score (nSPS) is 15.2. The number of carbonyl (C=O) groups is 1. The van der Waals surface area contributed by atoms with Crippen LogP contribution in [0.15, 0.2) is 35.3 Å². The Bertz CT molecular complexity index is 1100. The third kappa shape index (κ3) is 6.03. The summed E-state index contributed by atoms with van der Waals surface area (Å²) in [5, 5.41) is 0. The van der Waals surface area contributed by atoms with Crippen LogP contribution in [0.5, 0.6) is 11.5 Å². The maximum Gasteiger partial charge on any atom is 0.414 e. The summed E-state index contributed by atoms with van der Waals surface area (Å²) in [4.78, 5) is 20.0. The molecule has 0 N–H and O–H groups in total. The van der Waals surface area contributed by atoms with Crippen LogP contribution in [0.2, 0.25) is 0 Å². The first kappa shape index (κ1) is 27.6. The number of fused-ring (bicyclic) bond motifs is 1. The average Bonchev–Trinajstić information content (AvgIpc) is 3.27. The Balaban J connectivity index is 2.18. The van der Waals surface area contributed by atoms with Gasteiger partial charge in [0.15, 0.2) is 11.5 Å². The molecule has 6 heteroatoms. The number of nitrogens with zero attached hydrogens (tertiary/aromatic N) is 2. The fourth-order valence-electron chi connectivity index (χ4n) is 4.79. The molecule has 0 saturated heterocycles. The zero-order valence-electron chi connectivity index (χ0n) is 23.3. The predicted octanol–water partition coefficient (Wildman–Crippen LogP) is 7.16. The highest BCUT2D eigenvalue weighted by Gasteiger charge is 2.32.